The molecule has 2 aromatic rings. The van der Waals surface area contributed by atoms with E-state index in [4.69, 9.17) is 21.1 Å². The number of hydrogen-bond acceptors (Lipinski definition) is 8. The van der Waals surface area contributed by atoms with Gasteiger partial charge in [-0.05, 0) is 48.2 Å². The number of anilines is 3. The van der Waals surface area contributed by atoms with Crippen LogP contribution in [-0.4, -0.2) is 31.8 Å². The lowest BCUT2D eigenvalue weighted by atomic mass is 9.86. The van der Waals surface area contributed by atoms with E-state index in [0.717, 1.165) is 11.3 Å². The van der Waals surface area contributed by atoms with Crippen molar-refractivity contribution in [1.29, 1.82) is 0 Å². The van der Waals surface area contributed by atoms with Gasteiger partial charge in [-0.25, -0.2) is 10.2 Å². The number of methoxy groups -OCH3 is 1. The Bertz CT molecular complexity index is 1150. The van der Waals surface area contributed by atoms with Crippen molar-refractivity contribution in [2.24, 2.45) is 0 Å². The Morgan fingerprint density at radius 3 is 2.54 bits per heavy atom. The average molecular weight is 521 g/mol. The highest BCUT2D eigenvalue weighted by atomic mass is 35.5. The summed E-state index contributed by atoms with van der Waals surface area (Å²) in [5, 5.41) is 5.03. The highest BCUT2D eigenvalue weighted by Crippen LogP contribution is 2.40. The zero-order chi connectivity index (χ0) is 25.8. The summed E-state index contributed by atoms with van der Waals surface area (Å²) in [6, 6.07) is 8.88. The van der Waals surface area contributed by atoms with Gasteiger partial charge in [-0.15, -0.1) is 5.53 Å². The Morgan fingerprint density at radius 1 is 1.20 bits per heavy atom. The molecule has 35 heavy (non-hydrogen) atoms. The van der Waals surface area contributed by atoms with Gasteiger partial charge in [-0.3, -0.25) is 4.79 Å². The number of ether oxygens (including phenoxy) is 2. The van der Waals surface area contributed by atoms with Crippen molar-refractivity contribution in [3.8, 4) is 5.75 Å². The van der Waals surface area contributed by atoms with Crippen LogP contribution in [0.4, 0.5) is 17.1 Å². The fourth-order valence-corrected chi connectivity index (χ4v) is 4.01. The zero-order valence-electron chi connectivity index (χ0n) is 20.6. The molecule has 1 aliphatic heterocycles. The van der Waals surface area contributed by atoms with Crippen LogP contribution in [0.1, 0.15) is 43.6 Å². The number of nitrogens with one attached hydrogen (secondary N) is 3. The van der Waals surface area contributed by atoms with Gasteiger partial charge >= 0.3 is 5.97 Å². The third-order valence-corrected chi connectivity index (χ3v) is 5.97. The van der Waals surface area contributed by atoms with Crippen molar-refractivity contribution >= 4 is 52.5 Å². The number of carbonyl (C=O) groups is 2. The fourth-order valence-electron chi connectivity index (χ4n) is 3.42. The number of halogens is 1. The fraction of sp³-hybridized carbons (Fsp3) is 0.333. The minimum atomic E-state index is -0.475. The van der Waals surface area contributed by atoms with E-state index in [1.807, 2.05) is 18.4 Å². The summed E-state index contributed by atoms with van der Waals surface area (Å²) in [6.07, 6.45) is 3.49. The molecule has 3 rings (SSSR count). The maximum absolute atomic E-state index is 13.3. The molecular weight excluding hydrogens is 490 g/mol. The van der Waals surface area contributed by atoms with E-state index in [9.17, 15) is 9.59 Å². The SMILES string of the molecule is CCOC(=O)C1=CN(c2cc(C(=O)Nc3cc(C(C)(C)C)cc(NSC)c3OC)ccc2Cl)[NH2+]N1. The Morgan fingerprint density at radius 2 is 1.91 bits per heavy atom. The van der Waals surface area contributed by atoms with Gasteiger partial charge in [0.15, 0.2) is 11.4 Å². The molecule has 0 unspecified atom stereocenters. The van der Waals surface area contributed by atoms with E-state index in [0.29, 0.717) is 27.7 Å². The number of hydrogen-bond donors (Lipinski definition) is 4. The molecule has 0 saturated heterocycles. The van der Waals surface area contributed by atoms with E-state index in [1.54, 1.807) is 49.0 Å². The van der Waals surface area contributed by atoms with Crippen molar-refractivity contribution in [2.75, 3.05) is 35.0 Å². The molecule has 0 aromatic heterocycles. The van der Waals surface area contributed by atoms with Crippen molar-refractivity contribution in [2.45, 2.75) is 33.1 Å². The third kappa shape index (κ3) is 6.14. The van der Waals surface area contributed by atoms with Crippen LogP contribution in [-0.2, 0) is 14.9 Å². The first-order chi connectivity index (χ1) is 16.6. The summed E-state index contributed by atoms with van der Waals surface area (Å²) in [4.78, 5) is 25.3. The number of quaternary nitrogens is 1. The van der Waals surface area contributed by atoms with E-state index >= 15 is 0 Å². The number of benzene rings is 2. The molecule has 1 amide bonds. The van der Waals surface area contributed by atoms with Gasteiger partial charge < -0.3 is 19.5 Å². The Kier molecular flexibility index (Phi) is 8.42. The Balaban J connectivity index is 1.93. The Hall–Kier alpha value is -3.08. The van der Waals surface area contributed by atoms with Crippen LogP contribution in [0.3, 0.4) is 0 Å². The number of nitrogens with zero attached hydrogens (tertiary/aromatic N) is 1. The number of nitrogens with two attached hydrogens (primary N) is 1. The maximum Gasteiger partial charge on any atom is 0.361 e. The summed E-state index contributed by atoms with van der Waals surface area (Å²) in [5.41, 5.74) is 7.85. The van der Waals surface area contributed by atoms with Crippen molar-refractivity contribution < 1.29 is 24.6 Å². The first-order valence-corrected chi connectivity index (χ1v) is 12.6. The van der Waals surface area contributed by atoms with Crippen molar-refractivity contribution in [3.63, 3.8) is 0 Å². The second-order valence-corrected chi connectivity index (χ2v) is 9.74. The van der Waals surface area contributed by atoms with Crippen LogP contribution >= 0.6 is 23.5 Å². The smallest absolute Gasteiger partial charge is 0.361 e. The van der Waals surface area contributed by atoms with E-state index in [-0.39, 0.29) is 23.6 Å². The van der Waals surface area contributed by atoms with Crippen LogP contribution in [0, 0.1) is 0 Å². The summed E-state index contributed by atoms with van der Waals surface area (Å²) in [6.45, 7) is 8.32. The van der Waals surface area contributed by atoms with Gasteiger partial charge in [-0.1, -0.05) is 44.3 Å². The van der Waals surface area contributed by atoms with Gasteiger partial charge in [0.05, 0.1) is 36.3 Å². The second kappa shape index (κ2) is 11.1. The minimum absolute atomic E-state index is 0.143. The topological polar surface area (TPSA) is 109 Å². The van der Waals surface area contributed by atoms with Crippen LogP contribution in [0.25, 0.3) is 0 Å². The van der Waals surface area contributed by atoms with Gasteiger partial charge in [0, 0.05) is 11.8 Å². The summed E-state index contributed by atoms with van der Waals surface area (Å²) in [7, 11) is 1.57. The number of rotatable bonds is 8. The van der Waals surface area contributed by atoms with E-state index in [2.05, 4.69) is 36.2 Å². The maximum atomic E-state index is 13.3. The number of amides is 1. The number of carbonyl (C=O) groups excluding carboxylic acids is 2. The standard InChI is InChI=1S/C24H30ClN5O4S/c1-7-34-23(32)19-13-30(29-27-19)20-10-14(8-9-16(20)25)22(31)26-17-11-15(24(2,3)4)12-18(28-35-6)21(17)33-5/h8-13,27-29H,7H2,1-6H3,(H,26,31)/p+1. The Labute approximate surface area is 214 Å². The van der Waals surface area contributed by atoms with E-state index in [1.165, 1.54) is 11.9 Å². The molecule has 0 saturated carbocycles. The van der Waals surface area contributed by atoms with Gasteiger partial charge in [0.2, 0.25) is 0 Å². The summed E-state index contributed by atoms with van der Waals surface area (Å²) >= 11 is 7.85. The molecule has 0 radical (unpaired) electrons. The molecule has 1 aliphatic rings. The molecule has 0 aliphatic carbocycles. The molecule has 0 fully saturated rings. The summed E-state index contributed by atoms with van der Waals surface area (Å²) < 4.78 is 13.9. The monoisotopic (exact) mass is 520 g/mol. The van der Waals surface area contributed by atoms with Crippen LogP contribution < -0.4 is 30.7 Å². The second-order valence-electron chi connectivity index (χ2n) is 8.73. The molecule has 0 spiro atoms. The first kappa shape index (κ1) is 26.5. The molecule has 0 atom stereocenters. The average Bonchev–Trinajstić information content (AvgIpc) is 3.29. The number of esters is 1. The van der Waals surface area contributed by atoms with Crippen molar-refractivity contribution in [1.82, 2.24) is 5.43 Å². The molecule has 9 nitrogen and oxygen atoms in total. The molecular formula is C24H31ClN5O4S+. The van der Waals surface area contributed by atoms with Gasteiger partial charge in [0.25, 0.3) is 5.91 Å². The molecule has 11 heteroatoms. The van der Waals surface area contributed by atoms with Crippen molar-refractivity contribution in [3.05, 3.63) is 58.4 Å². The van der Waals surface area contributed by atoms with Crippen LogP contribution in [0.5, 0.6) is 5.75 Å². The minimum Gasteiger partial charge on any atom is -0.492 e. The molecule has 0 bridgehead atoms. The zero-order valence-corrected chi connectivity index (χ0v) is 22.2. The van der Waals surface area contributed by atoms with Gasteiger partial charge in [0.1, 0.15) is 5.69 Å². The first-order valence-electron chi connectivity index (χ1n) is 11.0. The van der Waals surface area contributed by atoms with Crippen LogP contribution in [0.2, 0.25) is 5.02 Å². The quantitative estimate of drug-likeness (QED) is 0.236. The van der Waals surface area contributed by atoms with E-state index < -0.39 is 5.97 Å². The predicted octanol–water partition coefficient (Wildman–Crippen LogP) is 3.80. The normalized spacial score (nSPS) is 13.1. The lowest BCUT2D eigenvalue weighted by molar-refractivity contribution is -0.699. The summed E-state index contributed by atoms with van der Waals surface area (Å²) in [5.74, 6) is -0.269. The lowest BCUT2D eigenvalue weighted by Gasteiger charge is -2.24. The predicted molar refractivity (Wildman–Crippen MR) is 140 cm³/mol. The molecule has 1 heterocycles. The highest BCUT2D eigenvalue weighted by molar-refractivity contribution is 7.99. The molecule has 5 N–H and O–H groups in total. The highest BCUT2D eigenvalue weighted by Gasteiger charge is 2.26. The molecule has 2 aromatic carbocycles. The molecule has 188 valence electrons. The van der Waals surface area contributed by atoms with Gasteiger partial charge in [-0.2, -0.15) is 5.01 Å². The largest absolute Gasteiger partial charge is 0.492 e. The van der Waals surface area contributed by atoms with Crippen LogP contribution in [0.15, 0.2) is 42.2 Å². The lowest BCUT2D eigenvalue weighted by Crippen LogP contribution is -2.98. The third-order valence-electron chi connectivity index (χ3n) is 5.23.